The molecule has 0 aliphatic carbocycles. The van der Waals surface area contributed by atoms with E-state index in [1.165, 1.54) is 42.0 Å². The second kappa shape index (κ2) is 13.6. The molecule has 0 bridgehead atoms. The molecule has 1 aliphatic heterocycles. The van der Waals surface area contributed by atoms with E-state index in [0.29, 0.717) is 22.7 Å². The number of hydrogen-bond acceptors (Lipinski definition) is 3. The van der Waals surface area contributed by atoms with E-state index in [1.54, 1.807) is 24.3 Å². The van der Waals surface area contributed by atoms with Gasteiger partial charge in [0, 0.05) is 31.0 Å². The summed E-state index contributed by atoms with van der Waals surface area (Å²) < 4.78 is 53.5. The van der Waals surface area contributed by atoms with Crippen LogP contribution in [-0.4, -0.2) is 25.0 Å². The normalized spacial score (nSPS) is 13.8. The Labute approximate surface area is 253 Å². The summed E-state index contributed by atoms with van der Waals surface area (Å²) >= 11 is 0. The second-order valence-electron chi connectivity index (χ2n) is 10.8. The fourth-order valence-electron chi connectivity index (χ4n) is 5.40. The highest BCUT2D eigenvalue weighted by Crippen LogP contribution is 2.35. The van der Waals surface area contributed by atoms with Crippen molar-refractivity contribution < 1.29 is 27.2 Å². The number of amides is 3. The maximum absolute atomic E-state index is 13.5. The molecule has 4 aromatic carbocycles. The quantitative estimate of drug-likeness (QED) is 0.179. The monoisotopic (exact) mass is 604 g/mol. The summed E-state index contributed by atoms with van der Waals surface area (Å²) in [7, 11) is 0. The van der Waals surface area contributed by atoms with Crippen LogP contribution in [0, 0.1) is 11.7 Å². The molecule has 0 spiro atoms. The highest BCUT2D eigenvalue weighted by molar-refractivity contribution is 6.04. The third kappa shape index (κ3) is 7.94. The maximum atomic E-state index is 13.5. The van der Waals surface area contributed by atoms with Crippen molar-refractivity contribution in [3.8, 4) is 0 Å². The SMILES string of the molecule is O=C(Nc1ccc(N2CCC(Cc3ccccc3)CC2)c(C(=O)NCc2ccc(F)cc2)c1)Nc1ccccc1C(F)(F)F. The number of benzene rings is 4. The Hall–Kier alpha value is -4.86. The predicted molar refractivity (Wildman–Crippen MR) is 163 cm³/mol. The van der Waals surface area contributed by atoms with E-state index in [9.17, 15) is 27.2 Å². The number of carbonyl (C=O) groups excluding carboxylic acids is 2. The average molecular weight is 605 g/mol. The third-order valence-electron chi connectivity index (χ3n) is 7.67. The average Bonchev–Trinajstić information content (AvgIpc) is 3.01. The van der Waals surface area contributed by atoms with E-state index in [1.807, 2.05) is 18.2 Å². The van der Waals surface area contributed by atoms with Gasteiger partial charge in [-0.25, -0.2) is 9.18 Å². The van der Waals surface area contributed by atoms with Crippen LogP contribution in [0.5, 0.6) is 0 Å². The number of urea groups is 1. The minimum atomic E-state index is -4.64. The van der Waals surface area contributed by atoms with Gasteiger partial charge in [0.25, 0.3) is 5.91 Å². The van der Waals surface area contributed by atoms with Crippen molar-refractivity contribution in [1.82, 2.24) is 5.32 Å². The van der Waals surface area contributed by atoms with Crippen LogP contribution < -0.4 is 20.9 Å². The number of anilines is 3. The molecule has 3 N–H and O–H groups in total. The highest BCUT2D eigenvalue weighted by Gasteiger charge is 2.33. The van der Waals surface area contributed by atoms with Crippen molar-refractivity contribution in [2.45, 2.75) is 32.0 Å². The number of hydrogen-bond donors (Lipinski definition) is 3. The molecule has 0 unspecified atom stereocenters. The number of alkyl halides is 3. The van der Waals surface area contributed by atoms with Gasteiger partial charge in [-0.2, -0.15) is 13.2 Å². The molecule has 4 aromatic rings. The molecule has 44 heavy (non-hydrogen) atoms. The van der Waals surface area contributed by atoms with Crippen LogP contribution in [0.3, 0.4) is 0 Å². The molecular weight excluding hydrogens is 572 g/mol. The predicted octanol–water partition coefficient (Wildman–Crippen LogP) is 7.88. The highest BCUT2D eigenvalue weighted by atomic mass is 19.4. The standard InChI is InChI=1S/C34H32F4N4O2/c35-26-12-10-25(11-13-26)22-39-32(43)28-21-27(40-33(44)41-30-9-5-4-8-29(30)34(36,37)38)14-15-31(28)42-18-16-24(17-19-42)20-23-6-2-1-3-7-23/h1-15,21,24H,16-20,22H2,(H,39,43)(H2,40,41,44). The number of halogens is 4. The van der Waals surface area contributed by atoms with Crippen LogP contribution in [0.2, 0.25) is 0 Å². The Morgan fingerprint density at radius 2 is 1.48 bits per heavy atom. The van der Waals surface area contributed by atoms with Crippen molar-refractivity contribution in [3.63, 3.8) is 0 Å². The number of para-hydroxylation sites is 1. The molecule has 0 aromatic heterocycles. The van der Waals surface area contributed by atoms with Crippen molar-refractivity contribution in [2.24, 2.45) is 5.92 Å². The summed E-state index contributed by atoms with van der Waals surface area (Å²) in [4.78, 5) is 28.3. The number of piperidine rings is 1. The van der Waals surface area contributed by atoms with Crippen LogP contribution in [0.1, 0.15) is 39.9 Å². The third-order valence-corrected chi connectivity index (χ3v) is 7.67. The summed E-state index contributed by atoms with van der Waals surface area (Å²) in [5.41, 5.74) is 1.88. The van der Waals surface area contributed by atoms with E-state index < -0.39 is 23.7 Å². The van der Waals surface area contributed by atoms with Gasteiger partial charge in [-0.3, -0.25) is 4.79 Å². The van der Waals surface area contributed by atoms with Crippen LogP contribution in [-0.2, 0) is 19.1 Å². The van der Waals surface area contributed by atoms with Crippen LogP contribution >= 0.6 is 0 Å². The van der Waals surface area contributed by atoms with Crippen LogP contribution in [0.4, 0.5) is 39.4 Å². The summed E-state index contributed by atoms with van der Waals surface area (Å²) in [6.45, 7) is 1.62. The van der Waals surface area contributed by atoms with Gasteiger partial charge >= 0.3 is 12.2 Å². The molecule has 0 atom stereocenters. The number of rotatable bonds is 8. The maximum Gasteiger partial charge on any atom is 0.418 e. The Balaban J connectivity index is 1.32. The molecular formula is C34H32F4N4O2. The summed E-state index contributed by atoms with van der Waals surface area (Å²) in [6, 6.07) is 24.8. The molecule has 10 heteroatoms. The van der Waals surface area contributed by atoms with E-state index in [0.717, 1.165) is 38.4 Å². The number of nitrogens with one attached hydrogen (secondary N) is 3. The first-order chi connectivity index (χ1) is 21.2. The topological polar surface area (TPSA) is 73.5 Å². The second-order valence-corrected chi connectivity index (χ2v) is 10.8. The minimum absolute atomic E-state index is 0.157. The van der Waals surface area contributed by atoms with Crippen LogP contribution in [0.25, 0.3) is 0 Å². The van der Waals surface area contributed by atoms with Crippen molar-refractivity contribution in [3.05, 3.63) is 125 Å². The fraction of sp³-hybridized carbons (Fsp3) is 0.235. The zero-order valence-electron chi connectivity index (χ0n) is 23.8. The minimum Gasteiger partial charge on any atom is -0.371 e. The molecule has 6 nitrogen and oxygen atoms in total. The van der Waals surface area contributed by atoms with Gasteiger partial charge < -0.3 is 20.9 Å². The Bertz CT molecular complexity index is 1590. The van der Waals surface area contributed by atoms with Crippen molar-refractivity contribution in [2.75, 3.05) is 28.6 Å². The Morgan fingerprint density at radius 3 is 2.18 bits per heavy atom. The summed E-state index contributed by atoms with van der Waals surface area (Å²) in [6.07, 6.45) is -1.79. The molecule has 1 saturated heterocycles. The smallest absolute Gasteiger partial charge is 0.371 e. The first-order valence-electron chi connectivity index (χ1n) is 14.4. The van der Waals surface area contributed by atoms with Crippen LogP contribution in [0.15, 0.2) is 97.1 Å². The molecule has 0 radical (unpaired) electrons. The van der Waals surface area contributed by atoms with Gasteiger partial charge in [0.15, 0.2) is 0 Å². The molecule has 3 amide bonds. The molecule has 0 saturated carbocycles. The fourth-order valence-corrected chi connectivity index (χ4v) is 5.40. The van der Waals surface area contributed by atoms with Gasteiger partial charge in [-0.1, -0.05) is 54.6 Å². The number of carbonyl (C=O) groups is 2. The lowest BCUT2D eigenvalue weighted by Gasteiger charge is -2.35. The zero-order chi connectivity index (χ0) is 31.1. The van der Waals surface area contributed by atoms with Gasteiger partial charge in [0.1, 0.15) is 5.82 Å². The lowest BCUT2D eigenvalue weighted by atomic mass is 9.89. The van der Waals surface area contributed by atoms with E-state index in [-0.39, 0.29) is 23.7 Å². The molecule has 228 valence electrons. The van der Waals surface area contributed by atoms with Crippen molar-refractivity contribution >= 4 is 29.0 Å². The first kappa shape index (κ1) is 30.6. The molecule has 1 aliphatic rings. The Kier molecular flexibility index (Phi) is 9.47. The molecule has 1 heterocycles. The molecule has 1 fully saturated rings. The van der Waals surface area contributed by atoms with Gasteiger partial charge in [-0.15, -0.1) is 0 Å². The largest absolute Gasteiger partial charge is 0.418 e. The Morgan fingerprint density at radius 1 is 0.795 bits per heavy atom. The van der Waals surface area contributed by atoms with Gasteiger partial charge in [0.05, 0.1) is 16.8 Å². The number of nitrogens with zero attached hydrogens (tertiary/aromatic N) is 1. The first-order valence-corrected chi connectivity index (χ1v) is 14.4. The van der Waals surface area contributed by atoms with E-state index in [2.05, 4.69) is 33.0 Å². The van der Waals surface area contributed by atoms with Crippen molar-refractivity contribution in [1.29, 1.82) is 0 Å². The summed E-state index contributed by atoms with van der Waals surface area (Å²) in [5, 5.41) is 7.67. The molecule has 5 rings (SSSR count). The van der Waals surface area contributed by atoms with Gasteiger partial charge in [0.2, 0.25) is 0 Å². The lowest BCUT2D eigenvalue weighted by molar-refractivity contribution is -0.136. The van der Waals surface area contributed by atoms with E-state index >= 15 is 0 Å². The van der Waals surface area contributed by atoms with E-state index in [4.69, 9.17) is 0 Å². The lowest BCUT2D eigenvalue weighted by Crippen LogP contribution is -2.36. The van der Waals surface area contributed by atoms with Gasteiger partial charge in [-0.05, 0) is 78.8 Å². The zero-order valence-corrected chi connectivity index (χ0v) is 23.8. The summed E-state index contributed by atoms with van der Waals surface area (Å²) in [5.74, 6) is -0.274.